The second-order valence-corrected chi connectivity index (χ2v) is 5.67. The number of methoxy groups -OCH3 is 2. The third-order valence-corrected chi connectivity index (χ3v) is 4.14. The molecule has 134 valence electrons. The number of H-pyrrole nitrogens is 1. The Labute approximate surface area is 152 Å². The van der Waals surface area contributed by atoms with Gasteiger partial charge in [0, 0.05) is 23.1 Å². The summed E-state index contributed by atoms with van der Waals surface area (Å²) in [6.45, 7) is 2.08. The fourth-order valence-corrected chi connectivity index (χ4v) is 2.99. The van der Waals surface area contributed by atoms with Crippen molar-refractivity contribution in [1.29, 1.82) is 0 Å². The zero-order chi connectivity index (χ0) is 17.1. The Balaban J connectivity index is 0.00000225. The first-order chi connectivity index (χ1) is 11.7. The third kappa shape index (κ3) is 3.66. The number of pyridine rings is 1. The van der Waals surface area contributed by atoms with Gasteiger partial charge in [-0.2, -0.15) is 0 Å². The SMILES string of the molecule is CCCc1[nH]c(=O)c(Cc2ccco2)c2cc(OC)c(OC)cc12.Cl. The number of aromatic amines is 1. The number of furan rings is 1. The van der Waals surface area contributed by atoms with Gasteiger partial charge in [-0.1, -0.05) is 13.3 Å². The maximum Gasteiger partial charge on any atom is 0.252 e. The van der Waals surface area contributed by atoms with Gasteiger partial charge in [-0.25, -0.2) is 0 Å². The van der Waals surface area contributed by atoms with E-state index in [1.54, 1.807) is 20.5 Å². The first-order valence-electron chi connectivity index (χ1n) is 8.00. The summed E-state index contributed by atoms with van der Waals surface area (Å²) >= 11 is 0. The zero-order valence-corrected chi connectivity index (χ0v) is 15.4. The average molecular weight is 364 g/mol. The number of aryl methyl sites for hydroxylation is 1. The minimum atomic E-state index is -0.0884. The van der Waals surface area contributed by atoms with Crippen LogP contribution in [-0.2, 0) is 12.8 Å². The molecule has 2 aromatic heterocycles. The van der Waals surface area contributed by atoms with Gasteiger partial charge in [-0.3, -0.25) is 4.79 Å². The summed E-state index contributed by atoms with van der Waals surface area (Å²) in [7, 11) is 3.20. The third-order valence-electron chi connectivity index (χ3n) is 4.14. The highest BCUT2D eigenvalue weighted by Gasteiger charge is 2.16. The van der Waals surface area contributed by atoms with Crippen LogP contribution in [0.3, 0.4) is 0 Å². The molecule has 0 aliphatic carbocycles. The molecule has 0 unspecified atom stereocenters. The van der Waals surface area contributed by atoms with Crippen molar-refractivity contribution in [1.82, 2.24) is 4.98 Å². The number of hydrogen-bond donors (Lipinski definition) is 1. The lowest BCUT2D eigenvalue weighted by Gasteiger charge is -2.14. The summed E-state index contributed by atoms with van der Waals surface area (Å²) in [5, 5.41) is 1.85. The molecule has 0 bridgehead atoms. The predicted octanol–water partition coefficient (Wildman–Crippen LogP) is 4.10. The molecule has 6 heteroatoms. The van der Waals surface area contributed by atoms with Gasteiger partial charge in [0.2, 0.25) is 0 Å². The molecule has 0 aliphatic heterocycles. The van der Waals surface area contributed by atoms with Crippen LogP contribution in [-0.4, -0.2) is 19.2 Å². The molecule has 0 amide bonds. The first kappa shape index (κ1) is 18.9. The molecule has 3 rings (SSSR count). The van der Waals surface area contributed by atoms with E-state index in [-0.39, 0.29) is 18.0 Å². The molecule has 5 nitrogen and oxygen atoms in total. The van der Waals surface area contributed by atoms with Gasteiger partial charge in [0.15, 0.2) is 11.5 Å². The number of fused-ring (bicyclic) bond motifs is 1. The van der Waals surface area contributed by atoms with Gasteiger partial charge >= 0.3 is 0 Å². The van der Waals surface area contributed by atoms with E-state index < -0.39 is 0 Å². The van der Waals surface area contributed by atoms with Gasteiger partial charge < -0.3 is 18.9 Å². The summed E-state index contributed by atoms with van der Waals surface area (Å²) in [5.41, 5.74) is 1.50. The van der Waals surface area contributed by atoms with E-state index in [1.807, 2.05) is 24.3 Å². The minimum Gasteiger partial charge on any atom is -0.493 e. The lowest BCUT2D eigenvalue weighted by molar-refractivity contribution is 0.356. The highest BCUT2D eigenvalue weighted by molar-refractivity contribution is 5.90. The largest absolute Gasteiger partial charge is 0.493 e. The molecule has 3 aromatic rings. The van der Waals surface area contributed by atoms with Gasteiger partial charge in [0.1, 0.15) is 5.76 Å². The van der Waals surface area contributed by atoms with Crippen LogP contribution in [0, 0.1) is 0 Å². The molecule has 0 atom stereocenters. The zero-order valence-electron chi connectivity index (χ0n) is 14.5. The van der Waals surface area contributed by atoms with Crippen molar-refractivity contribution in [3.8, 4) is 11.5 Å². The lowest BCUT2D eigenvalue weighted by Crippen LogP contribution is -2.16. The number of nitrogens with one attached hydrogen (secondary N) is 1. The monoisotopic (exact) mass is 363 g/mol. The van der Waals surface area contributed by atoms with Crippen LogP contribution in [0.15, 0.2) is 39.7 Å². The van der Waals surface area contributed by atoms with Gasteiger partial charge in [-0.15, -0.1) is 12.4 Å². The molecular weight excluding hydrogens is 342 g/mol. The topological polar surface area (TPSA) is 64.5 Å². The van der Waals surface area contributed by atoms with Crippen LogP contribution >= 0.6 is 12.4 Å². The minimum absolute atomic E-state index is 0. The van der Waals surface area contributed by atoms with Crippen LogP contribution < -0.4 is 15.0 Å². The normalized spacial score (nSPS) is 10.5. The van der Waals surface area contributed by atoms with E-state index in [0.29, 0.717) is 23.5 Å². The second-order valence-electron chi connectivity index (χ2n) is 5.67. The summed E-state index contributed by atoms with van der Waals surface area (Å²) in [4.78, 5) is 15.7. The molecule has 1 aromatic carbocycles. The molecule has 2 heterocycles. The molecule has 0 saturated carbocycles. The smallest absolute Gasteiger partial charge is 0.252 e. The van der Waals surface area contributed by atoms with Crippen molar-refractivity contribution < 1.29 is 13.9 Å². The van der Waals surface area contributed by atoms with Crippen LogP contribution in [0.25, 0.3) is 10.8 Å². The Morgan fingerprint density at radius 2 is 1.80 bits per heavy atom. The fraction of sp³-hybridized carbons (Fsp3) is 0.316. The highest BCUT2D eigenvalue weighted by Crippen LogP contribution is 2.34. The maximum absolute atomic E-state index is 12.6. The van der Waals surface area contributed by atoms with Crippen molar-refractivity contribution in [2.24, 2.45) is 0 Å². The molecular formula is C19H22ClNO4. The molecule has 0 aliphatic rings. The van der Waals surface area contributed by atoms with Crippen molar-refractivity contribution in [2.75, 3.05) is 14.2 Å². The number of aromatic nitrogens is 1. The Morgan fingerprint density at radius 1 is 1.12 bits per heavy atom. The van der Waals surface area contributed by atoms with Crippen molar-refractivity contribution in [2.45, 2.75) is 26.2 Å². The number of hydrogen-bond acceptors (Lipinski definition) is 4. The summed E-state index contributed by atoms with van der Waals surface area (Å²) in [5.74, 6) is 2.01. The quantitative estimate of drug-likeness (QED) is 0.716. The number of halogens is 1. The van der Waals surface area contributed by atoms with Gasteiger partial charge in [0.05, 0.1) is 20.5 Å². The standard InChI is InChI=1S/C19H21NO4.ClH/c1-4-6-16-14-11-18(23-3)17(22-2)10-13(14)15(19(21)20-16)9-12-7-5-8-24-12;/h5,7-8,10-11H,4,6,9H2,1-3H3,(H,20,21);1H. The number of benzene rings is 1. The second kappa shape index (κ2) is 8.12. The molecule has 1 N–H and O–H groups in total. The van der Waals surface area contributed by atoms with Crippen LogP contribution in [0.1, 0.15) is 30.4 Å². The van der Waals surface area contributed by atoms with Gasteiger partial charge in [0.25, 0.3) is 5.56 Å². The van der Waals surface area contributed by atoms with Crippen LogP contribution in [0.2, 0.25) is 0 Å². The Kier molecular flexibility index (Phi) is 6.15. The molecule has 0 radical (unpaired) electrons. The molecule has 0 saturated heterocycles. The first-order valence-corrected chi connectivity index (χ1v) is 8.00. The number of ether oxygens (including phenoxy) is 2. The summed E-state index contributed by atoms with van der Waals surface area (Å²) < 4.78 is 16.2. The molecule has 25 heavy (non-hydrogen) atoms. The predicted molar refractivity (Wildman–Crippen MR) is 100 cm³/mol. The van der Waals surface area contributed by atoms with Crippen molar-refractivity contribution in [3.63, 3.8) is 0 Å². The summed E-state index contributed by atoms with van der Waals surface area (Å²) in [6, 6.07) is 7.49. The Hall–Kier alpha value is -2.40. The Bertz CT molecular complexity index is 900. The van der Waals surface area contributed by atoms with E-state index in [9.17, 15) is 4.79 Å². The van der Waals surface area contributed by atoms with Crippen molar-refractivity contribution in [3.05, 3.63) is 57.9 Å². The molecule has 0 spiro atoms. The van der Waals surface area contributed by atoms with Crippen LogP contribution in [0.4, 0.5) is 0 Å². The average Bonchev–Trinajstić information content (AvgIpc) is 3.10. The van der Waals surface area contributed by atoms with E-state index in [2.05, 4.69) is 11.9 Å². The Morgan fingerprint density at radius 3 is 2.36 bits per heavy atom. The maximum atomic E-state index is 12.6. The van der Waals surface area contributed by atoms with E-state index in [0.717, 1.165) is 35.1 Å². The van der Waals surface area contributed by atoms with Crippen LogP contribution in [0.5, 0.6) is 11.5 Å². The summed E-state index contributed by atoms with van der Waals surface area (Å²) in [6.07, 6.45) is 3.78. The van der Waals surface area contributed by atoms with Crippen molar-refractivity contribution >= 4 is 23.2 Å². The van der Waals surface area contributed by atoms with E-state index >= 15 is 0 Å². The fourth-order valence-electron chi connectivity index (χ4n) is 2.99. The number of rotatable bonds is 6. The highest BCUT2D eigenvalue weighted by atomic mass is 35.5. The van der Waals surface area contributed by atoms with E-state index in [1.165, 1.54) is 0 Å². The van der Waals surface area contributed by atoms with Gasteiger partial charge in [-0.05, 0) is 36.1 Å². The lowest BCUT2D eigenvalue weighted by atomic mass is 9.99. The van der Waals surface area contributed by atoms with E-state index in [4.69, 9.17) is 13.9 Å². The molecule has 0 fully saturated rings.